The fourth-order valence-electron chi connectivity index (χ4n) is 2.08. The minimum Gasteiger partial charge on any atom is -0.370 e. The van der Waals surface area contributed by atoms with E-state index in [0.717, 1.165) is 12.1 Å². The molecule has 1 aromatic carbocycles. The van der Waals surface area contributed by atoms with Crippen LogP contribution in [0, 0.1) is 0 Å². The van der Waals surface area contributed by atoms with Crippen LogP contribution in [0.5, 0.6) is 0 Å². The lowest BCUT2D eigenvalue weighted by Crippen LogP contribution is -2.38. The van der Waals surface area contributed by atoms with E-state index in [0.29, 0.717) is 5.96 Å². The summed E-state index contributed by atoms with van der Waals surface area (Å²) in [5.41, 5.74) is 7.03. The monoisotopic (exact) mass is 217 g/mol. The largest absolute Gasteiger partial charge is 0.370 e. The van der Waals surface area contributed by atoms with E-state index >= 15 is 0 Å². The highest BCUT2D eigenvalue weighted by atomic mass is 15.1. The molecule has 0 aliphatic heterocycles. The van der Waals surface area contributed by atoms with Crippen LogP contribution in [0.25, 0.3) is 0 Å². The van der Waals surface area contributed by atoms with Crippen molar-refractivity contribution < 1.29 is 0 Å². The molecule has 1 fully saturated rings. The van der Waals surface area contributed by atoms with E-state index in [4.69, 9.17) is 5.73 Å². The average molecular weight is 217 g/mol. The van der Waals surface area contributed by atoms with E-state index in [9.17, 15) is 0 Å². The van der Waals surface area contributed by atoms with Gasteiger partial charge >= 0.3 is 0 Å². The highest BCUT2D eigenvalue weighted by Crippen LogP contribution is 2.38. The van der Waals surface area contributed by atoms with E-state index in [1.54, 1.807) is 0 Å². The van der Waals surface area contributed by atoms with Crippen molar-refractivity contribution in [1.29, 1.82) is 0 Å². The Bertz CT molecular complexity index is 361. The number of rotatable bonds is 3. The van der Waals surface area contributed by atoms with Crippen LogP contribution in [0.2, 0.25) is 0 Å². The van der Waals surface area contributed by atoms with Crippen LogP contribution < -0.4 is 11.1 Å². The Kier molecular flexibility index (Phi) is 3.13. The van der Waals surface area contributed by atoms with Crippen LogP contribution in [0.3, 0.4) is 0 Å². The Morgan fingerprint density at radius 2 is 2.06 bits per heavy atom. The zero-order valence-corrected chi connectivity index (χ0v) is 9.74. The SMILES string of the molecule is CCC1(N=C(N)Nc2ccccc2)CCC1. The van der Waals surface area contributed by atoms with Crippen molar-refractivity contribution in [2.75, 3.05) is 5.32 Å². The van der Waals surface area contributed by atoms with Gasteiger partial charge in [0.15, 0.2) is 5.96 Å². The van der Waals surface area contributed by atoms with Crippen molar-refractivity contribution in [3.8, 4) is 0 Å². The second-order valence-electron chi connectivity index (χ2n) is 4.42. The summed E-state index contributed by atoms with van der Waals surface area (Å²) in [4.78, 5) is 4.61. The first kappa shape index (κ1) is 11.0. The molecule has 0 atom stereocenters. The van der Waals surface area contributed by atoms with E-state index in [-0.39, 0.29) is 5.54 Å². The van der Waals surface area contributed by atoms with Gasteiger partial charge in [-0.05, 0) is 37.8 Å². The summed E-state index contributed by atoms with van der Waals surface area (Å²) in [6.07, 6.45) is 4.68. The number of hydrogen-bond acceptors (Lipinski definition) is 1. The van der Waals surface area contributed by atoms with E-state index in [2.05, 4.69) is 17.2 Å². The maximum atomic E-state index is 5.92. The Hall–Kier alpha value is -1.51. The molecule has 0 unspecified atom stereocenters. The van der Waals surface area contributed by atoms with Gasteiger partial charge in [-0.25, -0.2) is 4.99 Å². The van der Waals surface area contributed by atoms with Crippen LogP contribution >= 0.6 is 0 Å². The highest BCUT2D eigenvalue weighted by Gasteiger charge is 2.34. The van der Waals surface area contributed by atoms with Crippen LogP contribution in [0.1, 0.15) is 32.6 Å². The minimum atomic E-state index is 0.117. The summed E-state index contributed by atoms with van der Waals surface area (Å²) < 4.78 is 0. The first-order chi connectivity index (χ1) is 7.74. The van der Waals surface area contributed by atoms with E-state index in [1.807, 2.05) is 30.3 Å². The van der Waals surface area contributed by atoms with Crippen molar-refractivity contribution >= 4 is 11.6 Å². The Balaban J connectivity index is 2.02. The third-order valence-electron chi connectivity index (χ3n) is 3.35. The predicted molar refractivity (Wildman–Crippen MR) is 68.6 cm³/mol. The molecule has 2 rings (SSSR count). The number of benzene rings is 1. The molecule has 0 bridgehead atoms. The molecule has 86 valence electrons. The number of nitrogens with two attached hydrogens (primary N) is 1. The second-order valence-corrected chi connectivity index (χ2v) is 4.42. The summed E-state index contributed by atoms with van der Waals surface area (Å²) in [6, 6.07) is 9.92. The highest BCUT2D eigenvalue weighted by molar-refractivity contribution is 5.92. The molecule has 1 saturated carbocycles. The summed E-state index contributed by atoms with van der Waals surface area (Å²) in [6.45, 7) is 2.18. The maximum absolute atomic E-state index is 5.92. The lowest BCUT2D eigenvalue weighted by Gasteiger charge is -2.37. The maximum Gasteiger partial charge on any atom is 0.193 e. The van der Waals surface area contributed by atoms with E-state index in [1.165, 1.54) is 19.3 Å². The topological polar surface area (TPSA) is 50.4 Å². The molecule has 0 aromatic heterocycles. The van der Waals surface area contributed by atoms with Crippen LogP contribution in [0.4, 0.5) is 5.69 Å². The van der Waals surface area contributed by atoms with Gasteiger partial charge in [0.05, 0.1) is 5.54 Å². The van der Waals surface area contributed by atoms with Crippen LogP contribution in [-0.2, 0) is 0 Å². The number of guanidine groups is 1. The van der Waals surface area contributed by atoms with Gasteiger partial charge < -0.3 is 11.1 Å². The van der Waals surface area contributed by atoms with Gasteiger partial charge in [-0.1, -0.05) is 25.1 Å². The van der Waals surface area contributed by atoms with E-state index < -0.39 is 0 Å². The Morgan fingerprint density at radius 3 is 2.56 bits per heavy atom. The van der Waals surface area contributed by atoms with Gasteiger partial charge in [-0.2, -0.15) is 0 Å². The number of nitrogens with one attached hydrogen (secondary N) is 1. The molecule has 1 aliphatic rings. The van der Waals surface area contributed by atoms with Crippen LogP contribution in [0.15, 0.2) is 35.3 Å². The average Bonchev–Trinajstić information content (AvgIpc) is 2.25. The first-order valence-corrected chi connectivity index (χ1v) is 5.91. The number of hydrogen-bond donors (Lipinski definition) is 2. The standard InChI is InChI=1S/C13H19N3/c1-2-13(9-6-10-13)16-12(14)15-11-7-4-3-5-8-11/h3-5,7-8H,2,6,9-10H2,1H3,(H3,14,15,16). The molecule has 0 amide bonds. The van der Waals surface area contributed by atoms with Crippen molar-refractivity contribution in [2.24, 2.45) is 10.7 Å². The third kappa shape index (κ3) is 2.35. The fraction of sp³-hybridized carbons (Fsp3) is 0.462. The van der Waals surface area contributed by atoms with Gasteiger partial charge in [0.25, 0.3) is 0 Å². The Morgan fingerprint density at radius 1 is 1.38 bits per heavy atom. The van der Waals surface area contributed by atoms with Crippen molar-refractivity contribution in [2.45, 2.75) is 38.1 Å². The molecule has 1 aliphatic carbocycles. The molecule has 0 radical (unpaired) electrons. The number of aliphatic imine (C=N–C) groups is 1. The minimum absolute atomic E-state index is 0.117. The lowest BCUT2D eigenvalue weighted by molar-refractivity contribution is 0.243. The molecule has 16 heavy (non-hydrogen) atoms. The molecule has 3 heteroatoms. The summed E-state index contributed by atoms with van der Waals surface area (Å²) in [5, 5.41) is 3.13. The molecule has 0 saturated heterocycles. The van der Waals surface area contributed by atoms with Crippen LogP contribution in [-0.4, -0.2) is 11.5 Å². The lowest BCUT2D eigenvalue weighted by atomic mass is 9.75. The zero-order chi connectivity index (χ0) is 11.4. The zero-order valence-electron chi connectivity index (χ0n) is 9.74. The summed E-state index contributed by atoms with van der Waals surface area (Å²) in [7, 11) is 0. The molecule has 1 aromatic rings. The second kappa shape index (κ2) is 4.56. The summed E-state index contributed by atoms with van der Waals surface area (Å²) in [5.74, 6) is 0.535. The quantitative estimate of drug-likeness (QED) is 0.604. The normalized spacial score (nSPS) is 18.9. The molecular weight excluding hydrogens is 198 g/mol. The molecule has 0 heterocycles. The molecule has 0 spiro atoms. The number of para-hydroxylation sites is 1. The number of anilines is 1. The smallest absolute Gasteiger partial charge is 0.193 e. The van der Waals surface area contributed by atoms with Gasteiger partial charge in [-0.3, -0.25) is 0 Å². The van der Waals surface area contributed by atoms with Crippen molar-refractivity contribution in [1.82, 2.24) is 0 Å². The predicted octanol–water partition coefficient (Wildman–Crippen LogP) is 2.75. The molecule has 3 N–H and O–H groups in total. The van der Waals surface area contributed by atoms with Gasteiger partial charge in [0.2, 0.25) is 0 Å². The van der Waals surface area contributed by atoms with Gasteiger partial charge in [-0.15, -0.1) is 0 Å². The summed E-state index contributed by atoms with van der Waals surface area (Å²) >= 11 is 0. The fourth-order valence-corrected chi connectivity index (χ4v) is 2.08. The number of nitrogens with zero attached hydrogens (tertiary/aromatic N) is 1. The molecular formula is C13H19N3. The van der Waals surface area contributed by atoms with Crippen molar-refractivity contribution in [3.05, 3.63) is 30.3 Å². The first-order valence-electron chi connectivity index (χ1n) is 5.91. The van der Waals surface area contributed by atoms with Crippen molar-refractivity contribution in [3.63, 3.8) is 0 Å². The Labute approximate surface area is 96.8 Å². The van der Waals surface area contributed by atoms with Gasteiger partial charge in [0.1, 0.15) is 0 Å². The van der Waals surface area contributed by atoms with Gasteiger partial charge in [0, 0.05) is 5.69 Å². The third-order valence-corrected chi connectivity index (χ3v) is 3.35. The molecule has 3 nitrogen and oxygen atoms in total.